The molecule has 0 spiro atoms. The minimum Gasteiger partial charge on any atom is -0.487 e. The zero-order valence-corrected chi connectivity index (χ0v) is 17.9. The molecule has 0 aromatic heterocycles. The highest BCUT2D eigenvalue weighted by molar-refractivity contribution is 5.94. The number of carbonyl (C=O) groups excluding carboxylic acids is 2. The van der Waals surface area contributed by atoms with E-state index >= 15 is 0 Å². The van der Waals surface area contributed by atoms with Crippen LogP contribution in [0.25, 0.3) is 0 Å². The number of aryl methyl sites for hydroxylation is 1. The summed E-state index contributed by atoms with van der Waals surface area (Å²) in [5.74, 6) is 0.298. The van der Waals surface area contributed by atoms with Gasteiger partial charge in [-0.2, -0.15) is 0 Å². The highest BCUT2D eigenvalue weighted by Gasteiger charge is 2.33. The number of amides is 3. The number of piperidine rings is 1. The third kappa shape index (κ3) is 4.81. The fourth-order valence-corrected chi connectivity index (χ4v) is 4.17. The first kappa shape index (κ1) is 21.2. The number of benzene rings is 2. The molecule has 2 aliphatic rings. The van der Waals surface area contributed by atoms with Crippen LogP contribution < -0.4 is 15.0 Å². The van der Waals surface area contributed by atoms with Gasteiger partial charge in [0.15, 0.2) is 0 Å². The van der Waals surface area contributed by atoms with Gasteiger partial charge in [0, 0.05) is 25.6 Å². The van der Waals surface area contributed by atoms with E-state index in [0.717, 1.165) is 22.6 Å². The van der Waals surface area contributed by atoms with E-state index in [1.54, 1.807) is 17.0 Å². The van der Waals surface area contributed by atoms with Gasteiger partial charge < -0.3 is 15.0 Å². The Morgan fingerprint density at radius 2 is 1.84 bits per heavy atom. The molecule has 1 fully saturated rings. The Hall–Kier alpha value is -3.09. The van der Waals surface area contributed by atoms with Gasteiger partial charge in [-0.15, -0.1) is 0 Å². The van der Waals surface area contributed by atoms with Gasteiger partial charge in [-0.3, -0.25) is 9.69 Å². The van der Waals surface area contributed by atoms with Gasteiger partial charge in [-0.1, -0.05) is 18.2 Å². The van der Waals surface area contributed by atoms with Crippen LogP contribution in [0.3, 0.4) is 0 Å². The summed E-state index contributed by atoms with van der Waals surface area (Å²) in [5, 5.41) is 2.93. The van der Waals surface area contributed by atoms with E-state index < -0.39 is 0 Å². The average molecular weight is 426 g/mol. The summed E-state index contributed by atoms with van der Waals surface area (Å²) in [6.45, 7) is 5.92. The summed E-state index contributed by atoms with van der Waals surface area (Å²) in [6, 6.07) is 11.9. The van der Waals surface area contributed by atoms with Crippen LogP contribution in [-0.4, -0.2) is 42.6 Å². The van der Waals surface area contributed by atoms with Gasteiger partial charge in [0.25, 0.3) is 0 Å². The maximum Gasteiger partial charge on any atom is 0.324 e. The van der Waals surface area contributed by atoms with E-state index in [9.17, 15) is 14.0 Å². The number of urea groups is 1. The van der Waals surface area contributed by atoms with Gasteiger partial charge >= 0.3 is 6.03 Å². The normalized spacial score (nSPS) is 18.9. The van der Waals surface area contributed by atoms with Crippen LogP contribution >= 0.6 is 0 Å². The number of anilines is 1. The van der Waals surface area contributed by atoms with Crippen molar-refractivity contribution in [3.8, 4) is 5.75 Å². The molecule has 2 aromatic rings. The quantitative estimate of drug-likeness (QED) is 0.812. The Morgan fingerprint density at radius 1 is 1.13 bits per heavy atom. The number of hydrogen-bond acceptors (Lipinski definition) is 3. The first-order chi connectivity index (χ1) is 14.9. The molecule has 2 heterocycles. The van der Waals surface area contributed by atoms with Crippen molar-refractivity contribution in [1.29, 1.82) is 0 Å². The van der Waals surface area contributed by atoms with E-state index in [0.29, 0.717) is 39.0 Å². The Labute approximate surface area is 182 Å². The van der Waals surface area contributed by atoms with Crippen molar-refractivity contribution in [2.45, 2.75) is 39.3 Å². The van der Waals surface area contributed by atoms with Crippen LogP contribution in [0.15, 0.2) is 42.5 Å². The molecule has 0 aliphatic carbocycles. The lowest BCUT2D eigenvalue weighted by Gasteiger charge is -2.39. The van der Waals surface area contributed by atoms with E-state index in [4.69, 9.17) is 4.74 Å². The number of likely N-dealkylation sites (tertiary alicyclic amines) is 1. The van der Waals surface area contributed by atoms with Crippen LogP contribution in [0.2, 0.25) is 0 Å². The maximum absolute atomic E-state index is 13.3. The van der Waals surface area contributed by atoms with Crippen LogP contribution in [-0.2, 0) is 11.3 Å². The number of ether oxygens (including phenoxy) is 1. The number of halogens is 1. The molecule has 0 bridgehead atoms. The Balaban J connectivity index is 1.33. The molecule has 2 aliphatic heterocycles. The molecule has 2 aromatic carbocycles. The van der Waals surface area contributed by atoms with Crippen LogP contribution in [0.1, 0.15) is 30.9 Å². The fraction of sp³-hybridized carbons (Fsp3) is 0.417. The largest absolute Gasteiger partial charge is 0.487 e. The Kier molecular flexibility index (Phi) is 6.11. The number of nitrogens with one attached hydrogen (secondary N) is 1. The Morgan fingerprint density at radius 3 is 2.55 bits per heavy atom. The lowest BCUT2D eigenvalue weighted by molar-refractivity contribution is -0.126. The fourth-order valence-electron chi connectivity index (χ4n) is 4.17. The lowest BCUT2D eigenvalue weighted by Crippen LogP contribution is -2.52. The van der Waals surface area contributed by atoms with Crippen molar-refractivity contribution in [3.63, 3.8) is 0 Å². The molecule has 1 saturated heterocycles. The van der Waals surface area contributed by atoms with E-state index in [-0.39, 0.29) is 29.8 Å². The van der Waals surface area contributed by atoms with Crippen molar-refractivity contribution in [2.24, 2.45) is 5.92 Å². The second kappa shape index (κ2) is 8.96. The van der Waals surface area contributed by atoms with E-state index in [1.807, 2.05) is 36.9 Å². The van der Waals surface area contributed by atoms with Gasteiger partial charge in [0.1, 0.15) is 17.7 Å². The van der Waals surface area contributed by atoms with Gasteiger partial charge in [0.2, 0.25) is 5.91 Å². The third-order valence-electron chi connectivity index (χ3n) is 5.92. The van der Waals surface area contributed by atoms with Gasteiger partial charge in [0.05, 0.1) is 12.2 Å². The lowest BCUT2D eigenvalue weighted by atomic mass is 9.96. The maximum atomic E-state index is 13.3. The summed E-state index contributed by atoms with van der Waals surface area (Å²) >= 11 is 0. The van der Waals surface area contributed by atoms with E-state index in [2.05, 4.69) is 5.32 Å². The molecule has 164 valence electrons. The predicted molar refractivity (Wildman–Crippen MR) is 117 cm³/mol. The van der Waals surface area contributed by atoms with Gasteiger partial charge in [-0.25, -0.2) is 9.18 Å². The van der Waals surface area contributed by atoms with Crippen LogP contribution in [0.4, 0.5) is 14.9 Å². The summed E-state index contributed by atoms with van der Waals surface area (Å²) in [6.07, 6.45) is 1.18. The zero-order chi connectivity index (χ0) is 22.0. The van der Waals surface area contributed by atoms with Crippen molar-refractivity contribution in [2.75, 3.05) is 24.5 Å². The molecule has 3 amide bonds. The van der Waals surface area contributed by atoms with Crippen LogP contribution in [0, 0.1) is 18.7 Å². The molecule has 1 N–H and O–H groups in total. The van der Waals surface area contributed by atoms with E-state index in [1.165, 1.54) is 12.1 Å². The second-order valence-electron chi connectivity index (χ2n) is 8.40. The highest BCUT2D eigenvalue weighted by Crippen LogP contribution is 2.35. The van der Waals surface area contributed by atoms with Gasteiger partial charge in [-0.05, 0) is 62.1 Å². The summed E-state index contributed by atoms with van der Waals surface area (Å²) in [5.41, 5.74) is 2.74. The first-order valence-electron chi connectivity index (χ1n) is 10.8. The number of hydrogen-bond donors (Lipinski definition) is 1. The van der Waals surface area contributed by atoms with Crippen molar-refractivity contribution in [1.82, 2.24) is 10.2 Å². The molecular formula is C24H28FN3O3. The summed E-state index contributed by atoms with van der Waals surface area (Å²) in [7, 11) is 0. The highest BCUT2D eigenvalue weighted by atomic mass is 19.1. The summed E-state index contributed by atoms with van der Waals surface area (Å²) < 4.78 is 18.9. The monoisotopic (exact) mass is 425 g/mol. The standard InChI is InChI=1S/C24H28FN3O3/c1-16-3-8-22-21(13-16)28(15-17(2)31-22)24(30)27-11-9-19(10-12-27)23(29)26-14-18-4-6-20(25)7-5-18/h3-8,13,17,19H,9-12,14-15H2,1-2H3,(H,26,29)/t17-/m0/s1. The number of rotatable bonds is 3. The molecular weight excluding hydrogens is 397 g/mol. The minimum atomic E-state index is -0.292. The van der Waals surface area contributed by atoms with Crippen LogP contribution in [0.5, 0.6) is 5.75 Å². The molecule has 4 rings (SSSR count). The number of fused-ring (bicyclic) bond motifs is 1. The zero-order valence-electron chi connectivity index (χ0n) is 17.9. The Bertz CT molecular complexity index is 955. The number of nitrogens with zero attached hydrogens (tertiary/aromatic N) is 2. The van der Waals surface area contributed by atoms with Crippen molar-refractivity contribution >= 4 is 17.6 Å². The molecule has 0 saturated carbocycles. The second-order valence-corrected chi connectivity index (χ2v) is 8.40. The van der Waals surface area contributed by atoms with Crippen molar-refractivity contribution in [3.05, 3.63) is 59.4 Å². The minimum absolute atomic E-state index is 0.0163. The third-order valence-corrected chi connectivity index (χ3v) is 5.92. The summed E-state index contributed by atoms with van der Waals surface area (Å²) in [4.78, 5) is 29.4. The molecule has 7 heteroatoms. The molecule has 6 nitrogen and oxygen atoms in total. The first-order valence-corrected chi connectivity index (χ1v) is 10.8. The molecule has 1 atom stereocenters. The molecule has 31 heavy (non-hydrogen) atoms. The number of carbonyl (C=O) groups is 2. The topological polar surface area (TPSA) is 61.9 Å². The predicted octanol–water partition coefficient (Wildman–Crippen LogP) is 3.87. The van der Waals surface area contributed by atoms with Crippen molar-refractivity contribution < 1.29 is 18.7 Å². The molecule has 0 unspecified atom stereocenters. The molecule has 0 radical (unpaired) electrons. The average Bonchev–Trinajstić information content (AvgIpc) is 2.78. The SMILES string of the molecule is Cc1ccc2c(c1)N(C(=O)N1CCC(C(=O)NCc3ccc(F)cc3)CC1)C[C@H](C)O2. The smallest absolute Gasteiger partial charge is 0.324 e.